The van der Waals surface area contributed by atoms with Crippen LogP contribution in [0.2, 0.25) is 0 Å². The Labute approximate surface area is 138 Å². The van der Waals surface area contributed by atoms with Crippen LogP contribution in [0.5, 0.6) is 0 Å². The minimum absolute atomic E-state index is 0.143. The van der Waals surface area contributed by atoms with E-state index < -0.39 is 0 Å². The standard InChI is InChI=1S/C18H40N2O2/c1-3-5-8-12-18(22)16-20-14-10-7-6-9-11-17(21)13-15-19-4-2/h17-22H,3-16H2,1-2H3/t17-,18+/m1/s1. The lowest BCUT2D eigenvalue weighted by molar-refractivity contribution is 0.150. The van der Waals surface area contributed by atoms with Gasteiger partial charge in [0.15, 0.2) is 0 Å². The zero-order valence-corrected chi connectivity index (χ0v) is 14.9. The van der Waals surface area contributed by atoms with E-state index in [2.05, 4.69) is 24.5 Å². The highest BCUT2D eigenvalue weighted by Crippen LogP contribution is 2.07. The molecule has 0 bridgehead atoms. The van der Waals surface area contributed by atoms with Crippen LogP contribution in [0.1, 0.15) is 78.1 Å². The van der Waals surface area contributed by atoms with Crippen molar-refractivity contribution in [3.63, 3.8) is 0 Å². The summed E-state index contributed by atoms with van der Waals surface area (Å²) in [6.07, 6.45) is 10.6. The molecule has 0 aliphatic carbocycles. The van der Waals surface area contributed by atoms with Gasteiger partial charge >= 0.3 is 0 Å². The van der Waals surface area contributed by atoms with E-state index in [1.165, 1.54) is 25.7 Å². The third kappa shape index (κ3) is 16.2. The monoisotopic (exact) mass is 316 g/mol. The average Bonchev–Trinajstić information content (AvgIpc) is 2.50. The van der Waals surface area contributed by atoms with Crippen LogP contribution in [-0.2, 0) is 0 Å². The highest BCUT2D eigenvalue weighted by atomic mass is 16.3. The predicted octanol–water partition coefficient (Wildman–Crippen LogP) is 2.83. The number of aliphatic hydroxyl groups is 2. The highest BCUT2D eigenvalue weighted by Gasteiger charge is 2.04. The molecular formula is C18H40N2O2. The highest BCUT2D eigenvalue weighted by molar-refractivity contribution is 4.61. The summed E-state index contributed by atoms with van der Waals surface area (Å²) < 4.78 is 0. The summed E-state index contributed by atoms with van der Waals surface area (Å²) in [5.41, 5.74) is 0. The van der Waals surface area contributed by atoms with Crippen molar-refractivity contribution < 1.29 is 10.2 Å². The van der Waals surface area contributed by atoms with Gasteiger partial charge in [0.2, 0.25) is 0 Å². The molecule has 0 amide bonds. The van der Waals surface area contributed by atoms with Gasteiger partial charge < -0.3 is 20.8 Å². The number of hydrogen-bond donors (Lipinski definition) is 4. The van der Waals surface area contributed by atoms with Gasteiger partial charge in [-0.05, 0) is 45.3 Å². The van der Waals surface area contributed by atoms with Gasteiger partial charge in [-0.3, -0.25) is 0 Å². The van der Waals surface area contributed by atoms with Gasteiger partial charge in [0.25, 0.3) is 0 Å². The third-order valence-electron chi connectivity index (χ3n) is 4.07. The third-order valence-corrected chi connectivity index (χ3v) is 4.07. The molecule has 0 spiro atoms. The van der Waals surface area contributed by atoms with E-state index in [1.54, 1.807) is 0 Å². The van der Waals surface area contributed by atoms with Gasteiger partial charge in [0.05, 0.1) is 12.2 Å². The maximum atomic E-state index is 9.79. The van der Waals surface area contributed by atoms with Crippen molar-refractivity contribution in [3.05, 3.63) is 0 Å². The molecule has 0 saturated carbocycles. The van der Waals surface area contributed by atoms with Crippen LogP contribution in [0, 0.1) is 0 Å². The van der Waals surface area contributed by atoms with E-state index in [1.807, 2.05) is 0 Å². The van der Waals surface area contributed by atoms with Crippen molar-refractivity contribution in [2.24, 2.45) is 0 Å². The summed E-state index contributed by atoms with van der Waals surface area (Å²) >= 11 is 0. The normalized spacial score (nSPS) is 14.2. The molecule has 4 heteroatoms. The molecule has 0 fully saturated rings. The molecule has 0 radical (unpaired) electrons. The predicted molar refractivity (Wildman–Crippen MR) is 95.3 cm³/mol. The summed E-state index contributed by atoms with van der Waals surface area (Å²) in [5.74, 6) is 0. The van der Waals surface area contributed by atoms with Crippen LogP contribution in [0.15, 0.2) is 0 Å². The number of aliphatic hydroxyl groups excluding tert-OH is 2. The molecule has 0 aromatic heterocycles. The Hall–Kier alpha value is -0.160. The fourth-order valence-electron chi connectivity index (χ4n) is 2.57. The van der Waals surface area contributed by atoms with Gasteiger partial charge in [-0.1, -0.05) is 52.4 Å². The molecule has 22 heavy (non-hydrogen) atoms. The minimum atomic E-state index is -0.182. The van der Waals surface area contributed by atoms with Crippen LogP contribution in [0.25, 0.3) is 0 Å². The smallest absolute Gasteiger partial charge is 0.0664 e. The summed E-state index contributed by atoms with van der Waals surface area (Å²) in [6.45, 7) is 7.90. The molecule has 0 rings (SSSR count). The van der Waals surface area contributed by atoms with Gasteiger partial charge in [0.1, 0.15) is 0 Å². The van der Waals surface area contributed by atoms with Crippen molar-refractivity contribution in [3.8, 4) is 0 Å². The second-order valence-corrected chi connectivity index (χ2v) is 6.35. The molecule has 0 unspecified atom stereocenters. The number of hydrogen-bond acceptors (Lipinski definition) is 4. The average molecular weight is 317 g/mol. The Morgan fingerprint density at radius 2 is 1.36 bits per heavy atom. The number of rotatable bonds is 17. The molecular weight excluding hydrogens is 276 g/mol. The van der Waals surface area contributed by atoms with Gasteiger partial charge in [-0.25, -0.2) is 0 Å². The quantitative estimate of drug-likeness (QED) is 0.312. The summed E-state index contributed by atoms with van der Waals surface area (Å²) in [4.78, 5) is 0. The molecule has 0 heterocycles. The van der Waals surface area contributed by atoms with Crippen molar-refractivity contribution in [1.82, 2.24) is 10.6 Å². The van der Waals surface area contributed by atoms with Crippen molar-refractivity contribution in [2.45, 2.75) is 90.3 Å². The fourth-order valence-corrected chi connectivity index (χ4v) is 2.57. The Morgan fingerprint density at radius 3 is 2.09 bits per heavy atom. The first-order valence-electron chi connectivity index (χ1n) is 9.48. The molecule has 0 saturated heterocycles. The fraction of sp³-hybridized carbons (Fsp3) is 1.00. The van der Waals surface area contributed by atoms with Gasteiger partial charge in [-0.15, -0.1) is 0 Å². The summed E-state index contributed by atoms with van der Waals surface area (Å²) in [7, 11) is 0. The van der Waals surface area contributed by atoms with E-state index in [4.69, 9.17) is 0 Å². The maximum Gasteiger partial charge on any atom is 0.0664 e. The summed E-state index contributed by atoms with van der Waals surface area (Å²) in [6, 6.07) is 0. The molecule has 4 N–H and O–H groups in total. The van der Waals surface area contributed by atoms with E-state index in [-0.39, 0.29) is 12.2 Å². The first kappa shape index (κ1) is 21.8. The Balaban J connectivity index is 3.19. The second-order valence-electron chi connectivity index (χ2n) is 6.35. The molecule has 4 nitrogen and oxygen atoms in total. The van der Waals surface area contributed by atoms with Crippen LogP contribution in [-0.4, -0.2) is 48.6 Å². The Morgan fingerprint density at radius 1 is 0.682 bits per heavy atom. The Kier molecular flexibility index (Phi) is 17.1. The lowest BCUT2D eigenvalue weighted by Crippen LogP contribution is -2.27. The van der Waals surface area contributed by atoms with E-state index >= 15 is 0 Å². The lowest BCUT2D eigenvalue weighted by atomic mass is 10.1. The molecule has 2 atom stereocenters. The first-order valence-corrected chi connectivity index (χ1v) is 9.48. The van der Waals surface area contributed by atoms with Gasteiger partial charge in [-0.2, -0.15) is 0 Å². The maximum absolute atomic E-state index is 9.79. The minimum Gasteiger partial charge on any atom is -0.393 e. The molecule has 0 aliphatic heterocycles. The number of unbranched alkanes of at least 4 members (excludes halogenated alkanes) is 5. The first-order chi connectivity index (χ1) is 10.7. The van der Waals surface area contributed by atoms with E-state index in [9.17, 15) is 10.2 Å². The lowest BCUT2D eigenvalue weighted by Gasteiger charge is -2.12. The zero-order chi connectivity index (χ0) is 16.5. The topological polar surface area (TPSA) is 64.5 Å². The van der Waals surface area contributed by atoms with Crippen LogP contribution >= 0.6 is 0 Å². The molecule has 134 valence electrons. The zero-order valence-electron chi connectivity index (χ0n) is 14.9. The second kappa shape index (κ2) is 17.2. The largest absolute Gasteiger partial charge is 0.393 e. The van der Waals surface area contributed by atoms with Crippen LogP contribution < -0.4 is 10.6 Å². The van der Waals surface area contributed by atoms with E-state index in [0.29, 0.717) is 0 Å². The van der Waals surface area contributed by atoms with Crippen LogP contribution in [0.3, 0.4) is 0 Å². The van der Waals surface area contributed by atoms with Crippen molar-refractivity contribution in [2.75, 3.05) is 26.2 Å². The van der Waals surface area contributed by atoms with Crippen LogP contribution in [0.4, 0.5) is 0 Å². The number of nitrogens with one attached hydrogen (secondary N) is 2. The molecule has 0 aromatic rings. The SMILES string of the molecule is CCCCC[C@H](O)CNCCCCCC[C@@H](O)CCNCC. The van der Waals surface area contributed by atoms with Gasteiger partial charge in [0, 0.05) is 6.54 Å². The Bertz CT molecular complexity index is 193. The molecule has 0 aromatic carbocycles. The molecule has 0 aliphatic rings. The van der Waals surface area contributed by atoms with Crippen molar-refractivity contribution in [1.29, 1.82) is 0 Å². The summed E-state index contributed by atoms with van der Waals surface area (Å²) in [5, 5.41) is 26.1. The van der Waals surface area contributed by atoms with Crippen molar-refractivity contribution >= 4 is 0 Å². The van der Waals surface area contributed by atoms with E-state index in [0.717, 1.165) is 64.7 Å².